The van der Waals surface area contributed by atoms with Crippen LogP contribution < -0.4 is 4.74 Å². The third kappa shape index (κ3) is 3.18. The number of carboxylic acid groups (broad SMARTS) is 1. The van der Waals surface area contributed by atoms with Gasteiger partial charge >= 0.3 is 12.6 Å². The van der Waals surface area contributed by atoms with Crippen molar-refractivity contribution >= 4 is 5.97 Å². The summed E-state index contributed by atoms with van der Waals surface area (Å²) in [4.78, 5) is 10.6. The zero-order chi connectivity index (χ0) is 12.3. The maximum absolute atomic E-state index is 12.1. The quantitative estimate of drug-likeness (QED) is 0.864. The van der Waals surface area contributed by atoms with E-state index in [9.17, 15) is 13.6 Å². The van der Waals surface area contributed by atoms with Gasteiger partial charge in [-0.3, -0.25) is 4.79 Å². The molecule has 0 saturated heterocycles. The minimum absolute atomic E-state index is 0.0690. The summed E-state index contributed by atoms with van der Waals surface area (Å²) in [7, 11) is 0. The Kier molecular flexibility index (Phi) is 3.82. The number of hydrogen-bond acceptors (Lipinski definition) is 2. The summed E-state index contributed by atoms with van der Waals surface area (Å²) in [5, 5.41) is 8.64. The molecule has 1 N–H and O–H groups in total. The summed E-state index contributed by atoms with van der Waals surface area (Å²) in [6.07, 6.45) is -0.330. The van der Waals surface area contributed by atoms with E-state index in [0.717, 1.165) is 11.1 Å². The molecule has 16 heavy (non-hydrogen) atoms. The topological polar surface area (TPSA) is 46.5 Å². The van der Waals surface area contributed by atoms with Crippen molar-refractivity contribution in [3.05, 3.63) is 28.8 Å². The molecule has 0 radical (unpaired) electrons. The van der Waals surface area contributed by atoms with Crippen molar-refractivity contribution in [1.29, 1.82) is 0 Å². The van der Waals surface area contributed by atoms with E-state index in [1.807, 2.05) is 0 Å². The summed E-state index contributed by atoms with van der Waals surface area (Å²) >= 11 is 0. The van der Waals surface area contributed by atoms with E-state index >= 15 is 0 Å². The fraction of sp³-hybridized carbons (Fsp3) is 0.364. The molecule has 0 spiro atoms. The Bertz CT molecular complexity index is 402. The molecular weight excluding hydrogens is 218 g/mol. The Hall–Kier alpha value is -1.65. The highest BCUT2D eigenvalue weighted by Crippen LogP contribution is 2.25. The third-order valence-electron chi connectivity index (χ3n) is 2.23. The Balaban J connectivity index is 3.11. The number of alkyl halides is 2. The summed E-state index contributed by atoms with van der Waals surface area (Å²) in [5.74, 6) is -1.15. The van der Waals surface area contributed by atoms with Crippen molar-refractivity contribution in [3.8, 4) is 5.75 Å². The maximum Gasteiger partial charge on any atom is 0.387 e. The second kappa shape index (κ2) is 4.92. The lowest BCUT2D eigenvalue weighted by Gasteiger charge is -2.12. The Morgan fingerprint density at radius 2 is 1.94 bits per heavy atom. The van der Waals surface area contributed by atoms with E-state index < -0.39 is 12.6 Å². The first-order chi connectivity index (χ1) is 7.40. The first kappa shape index (κ1) is 12.4. The van der Waals surface area contributed by atoms with Gasteiger partial charge in [0.15, 0.2) is 0 Å². The molecule has 5 heteroatoms. The second-order valence-corrected chi connectivity index (χ2v) is 3.49. The number of benzene rings is 1. The molecule has 0 saturated carbocycles. The van der Waals surface area contributed by atoms with Crippen LogP contribution >= 0.6 is 0 Å². The molecule has 1 rings (SSSR count). The smallest absolute Gasteiger partial charge is 0.387 e. The maximum atomic E-state index is 12.1. The molecule has 0 amide bonds. The number of ether oxygens (including phenoxy) is 1. The zero-order valence-corrected chi connectivity index (χ0v) is 8.96. The van der Waals surface area contributed by atoms with Gasteiger partial charge in [-0.05, 0) is 31.0 Å². The lowest BCUT2D eigenvalue weighted by Crippen LogP contribution is -2.08. The lowest BCUT2D eigenvalue weighted by atomic mass is 10.0. The van der Waals surface area contributed by atoms with Gasteiger partial charge in [0.05, 0.1) is 6.42 Å². The monoisotopic (exact) mass is 230 g/mol. The van der Waals surface area contributed by atoms with Crippen molar-refractivity contribution in [3.63, 3.8) is 0 Å². The van der Waals surface area contributed by atoms with E-state index in [1.165, 1.54) is 6.07 Å². The summed E-state index contributed by atoms with van der Waals surface area (Å²) in [6.45, 7) is 0.583. The highest BCUT2D eigenvalue weighted by Gasteiger charge is 2.13. The summed E-state index contributed by atoms with van der Waals surface area (Å²) < 4.78 is 28.5. The molecule has 3 nitrogen and oxygen atoms in total. The first-order valence-corrected chi connectivity index (χ1v) is 4.67. The molecule has 0 unspecified atom stereocenters. The molecule has 0 atom stereocenters. The first-order valence-electron chi connectivity index (χ1n) is 4.67. The van der Waals surface area contributed by atoms with Crippen LogP contribution in [0.15, 0.2) is 12.1 Å². The van der Waals surface area contributed by atoms with E-state index in [4.69, 9.17) is 5.11 Å². The largest absolute Gasteiger partial charge is 0.481 e. The standard InChI is InChI=1S/C11H12F2O3/c1-6-3-8(5-10(14)15)9(4-7(6)2)16-11(12)13/h3-4,11H,5H2,1-2H3,(H,14,15). The molecule has 1 aromatic carbocycles. The Morgan fingerprint density at radius 1 is 1.38 bits per heavy atom. The highest BCUT2D eigenvalue weighted by molar-refractivity contribution is 5.71. The van der Waals surface area contributed by atoms with Crippen LogP contribution in [0.4, 0.5) is 8.78 Å². The van der Waals surface area contributed by atoms with Gasteiger partial charge in [0.1, 0.15) is 5.75 Å². The van der Waals surface area contributed by atoms with Crippen LogP contribution in [0.5, 0.6) is 5.75 Å². The minimum atomic E-state index is -2.95. The third-order valence-corrected chi connectivity index (χ3v) is 2.23. The second-order valence-electron chi connectivity index (χ2n) is 3.49. The van der Waals surface area contributed by atoms with Crippen molar-refractivity contribution < 1.29 is 23.4 Å². The molecule has 0 aliphatic heterocycles. The van der Waals surface area contributed by atoms with Crippen LogP contribution in [0.2, 0.25) is 0 Å². The number of carbonyl (C=O) groups is 1. The van der Waals surface area contributed by atoms with Gasteiger partial charge in [-0.25, -0.2) is 0 Å². The van der Waals surface area contributed by atoms with Crippen molar-refractivity contribution in [1.82, 2.24) is 0 Å². The molecular formula is C11H12F2O3. The van der Waals surface area contributed by atoms with Gasteiger partial charge in [0.2, 0.25) is 0 Å². The van der Waals surface area contributed by atoms with Crippen LogP contribution in [0, 0.1) is 13.8 Å². The summed E-state index contributed by atoms with van der Waals surface area (Å²) in [5.41, 5.74) is 1.89. The molecule has 1 aromatic rings. The van der Waals surface area contributed by atoms with E-state index in [1.54, 1.807) is 19.9 Å². The molecule has 0 aliphatic carbocycles. The van der Waals surface area contributed by atoms with E-state index in [2.05, 4.69) is 4.74 Å². The fourth-order valence-corrected chi connectivity index (χ4v) is 1.36. The van der Waals surface area contributed by atoms with Gasteiger partial charge in [-0.1, -0.05) is 6.07 Å². The SMILES string of the molecule is Cc1cc(CC(=O)O)c(OC(F)F)cc1C. The van der Waals surface area contributed by atoms with Crippen LogP contribution in [-0.4, -0.2) is 17.7 Å². The van der Waals surface area contributed by atoms with Gasteiger partial charge < -0.3 is 9.84 Å². The molecule has 88 valence electrons. The van der Waals surface area contributed by atoms with E-state index in [-0.39, 0.29) is 17.7 Å². The number of hydrogen-bond donors (Lipinski definition) is 1. The average molecular weight is 230 g/mol. The normalized spacial score (nSPS) is 10.6. The summed E-state index contributed by atoms with van der Waals surface area (Å²) in [6, 6.07) is 2.99. The van der Waals surface area contributed by atoms with Gasteiger partial charge in [-0.2, -0.15) is 8.78 Å². The molecule has 0 aliphatic rings. The van der Waals surface area contributed by atoms with Crippen LogP contribution in [0.25, 0.3) is 0 Å². The van der Waals surface area contributed by atoms with Crippen molar-refractivity contribution in [2.75, 3.05) is 0 Å². The predicted octanol–water partition coefficient (Wildman–Crippen LogP) is 2.53. The fourth-order valence-electron chi connectivity index (χ4n) is 1.36. The lowest BCUT2D eigenvalue weighted by molar-refractivity contribution is -0.136. The number of carboxylic acids is 1. The van der Waals surface area contributed by atoms with Gasteiger partial charge in [0, 0.05) is 5.56 Å². The Labute approximate surface area is 91.7 Å². The van der Waals surface area contributed by atoms with Crippen molar-refractivity contribution in [2.24, 2.45) is 0 Å². The molecule has 0 heterocycles. The molecule has 0 bridgehead atoms. The van der Waals surface area contributed by atoms with Gasteiger partial charge in [0.25, 0.3) is 0 Å². The predicted molar refractivity (Wildman–Crippen MR) is 53.9 cm³/mol. The Morgan fingerprint density at radius 3 is 2.44 bits per heavy atom. The number of aryl methyl sites for hydroxylation is 2. The minimum Gasteiger partial charge on any atom is -0.481 e. The van der Waals surface area contributed by atoms with Crippen LogP contribution in [0.1, 0.15) is 16.7 Å². The number of halogens is 2. The number of rotatable bonds is 4. The van der Waals surface area contributed by atoms with E-state index in [0.29, 0.717) is 0 Å². The van der Waals surface area contributed by atoms with Crippen LogP contribution in [0.3, 0.4) is 0 Å². The number of aliphatic carboxylic acids is 1. The molecule has 0 aromatic heterocycles. The zero-order valence-electron chi connectivity index (χ0n) is 8.96. The van der Waals surface area contributed by atoms with Crippen LogP contribution in [-0.2, 0) is 11.2 Å². The highest BCUT2D eigenvalue weighted by atomic mass is 19.3. The molecule has 0 fully saturated rings. The van der Waals surface area contributed by atoms with Gasteiger partial charge in [-0.15, -0.1) is 0 Å². The average Bonchev–Trinajstić information content (AvgIpc) is 2.11. The van der Waals surface area contributed by atoms with Crippen molar-refractivity contribution in [2.45, 2.75) is 26.9 Å².